The summed E-state index contributed by atoms with van der Waals surface area (Å²) in [6, 6.07) is 9.63. The standard InChI is InChI=1S/C10H7N3O2/c14-10-9(15-13-12-10)8-5-6-3-1-2-4-7(6)11-8/h1-5,9,11H. The van der Waals surface area contributed by atoms with Crippen molar-refractivity contribution in [2.24, 2.45) is 10.4 Å². The second kappa shape index (κ2) is 2.91. The number of benzene rings is 1. The number of aromatic amines is 1. The van der Waals surface area contributed by atoms with Crippen LogP contribution in [0.4, 0.5) is 0 Å². The second-order valence-electron chi connectivity index (χ2n) is 3.32. The zero-order valence-corrected chi connectivity index (χ0v) is 7.68. The highest BCUT2D eigenvalue weighted by molar-refractivity contribution is 5.86. The van der Waals surface area contributed by atoms with E-state index < -0.39 is 6.10 Å². The number of hydrogen-bond donors (Lipinski definition) is 1. The molecule has 0 radical (unpaired) electrons. The Kier molecular flexibility index (Phi) is 1.58. The van der Waals surface area contributed by atoms with E-state index in [1.54, 1.807) is 0 Å². The highest BCUT2D eigenvalue weighted by Gasteiger charge is 2.28. The number of amides is 1. The van der Waals surface area contributed by atoms with Gasteiger partial charge in [-0.15, -0.1) is 0 Å². The Morgan fingerprint density at radius 2 is 2.20 bits per heavy atom. The summed E-state index contributed by atoms with van der Waals surface area (Å²) < 4.78 is 0. The van der Waals surface area contributed by atoms with E-state index in [1.165, 1.54) is 0 Å². The molecule has 0 bridgehead atoms. The first-order chi connectivity index (χ1) is 7.34. The third-order valence-electron chi connectivity index (χ3n) is 2.35. The van der Waals surface area contributed by atoms with Crippen LogP contribution in [0, 0.1) is 0 Å². The lowest BCUT2D eigenvalue weighted by Crippen LogP contribution is -2.06. The molecule has 0 aliphatic carbocycles. The molecule has 5 nitrogen and oxygen atoms in total. The van der Waals surface area contributed by atoms with E-state index in [-0.39, 0.29) is 5.91 Å². The molecule has 1 unspecified atom stereocenters. The van der Waals surface area contributed by atoms with Gasteiger partial charge >= 0.3 is 5.91 Å². The van der Waals surface area contributed by atoms with Crippen molar-refractivity contribution < 1.29 is 9.63 Å². The Hall–Kier alpha value is -2.17. The van der Waals surface area contributed by atoms with Gasteiger partial charge in [-0.3, -0.25) is 4.79 Å². The minimum Gasteiger partial charge on any atom is -0.359 e. The van der Waals surface area contributed by atoms with Gasteiger partial charge in [0.2, 0.25) is 0 Å². The van der Waals surface area contributed by atoms with Crippen LogP contribution in [0.15, 0.2) is 40.7 Å². The van der Waals surface area contributed by atoms with Crippen LogP contribution in [0.25, 0.3) is 10.9 Å². The van der Waals surface area contributed by atoms with Crippen LogP contribution >= 0.6 is 0 Å². The molecule has 1 aromatic carbocycles. The summed E-state index contributed by atoms with van der Waals surface area (Å²) >= 11 is 0. The fourth-order valence-corrected chi connectivity index (χ4v) is 1.64. The molecule has 2 heterocycles. The molecule has 0 fully saturated rings. The maximum Gasteiger partial charge on any atom is 0.317 e. The van der Waals surface area contributed by atoms with Gasteiger partial charge in [0.25, 0.3) is 6.10 Å². The zero-order valence-electron chi connectivity index (χ0n) is 7.68. The first-order valence-corrected chi connectivity index (χ1v) is 4.53. The highest BCUT2D eigenvalue weighted by atomic mass is 16.7. The fourth-order valence-electron chi connectivity index (χ4n) is 1.64. The largest absolute Gasteiger partial charge is 0.359 e. The zero-order chi connectivity index (χ0) is 10.3. The Morgan fingerprint density at radius 1 is 1.33 bits per heavy atom. The van der Waals surface area contributed by atoms with Gasteiger partial charge in [0.15, 0.2) is 0 Å². The van der Waals surface area contributed by atoms with Crippen LogP contribution in [0.3, 0.4) is 0 Å². The van der Waals surface area contributed by atoms with E-state index >= 15 is 0 Å². The quantitative estimate of drug-likeness (QED) is 0.767. The number of rotatable bonds is 1. The first-order valence-electron chi connectivity index (χ1n) is 4.53. The number of carbonyl (C=O) groups is 1. The molecule has 74 valence electrons. The highest BCUT2D eigenvalue weighted by Crippen LogP contribution is 2.26. The van der Waals surface area contributed by atoms with Crippen molar-refractivity contribution in [2.45, 2.75) is 6.10 Å². The number of aromatic nitrogens is 1. The lowest BCUT2D eigenvalue weighted by Gasteiger charge is -2.00. The van der Waals surface area contributed by atoms with Crippen molar-refractivity contribution in [3.05, 3.63) is 36.0 Å². The van der Waals surface area contributed by atoms with Crippen molar-refractivity contribution in [1.29, 1.82) is 0 Å². The molecule has 1 aliphatic rings. The van der Waals surface area contributed by atoms with Crippen molar-refractivity contribution in [2.75, 3.05) is 0 Å². The Labute approximate surface area is 84.7 Å². The predicted molar refractivity (Wildman–Crippen MR) is 52.0 cm³/mol. The molecule has 1 N–H and O–H groups in total. The van der Waals surface area contributed by atoms with Gasteiger partial charge in [-0.1, -0.05) is 23.3 Å². The lowest BCUT2D eigenvalue weighted by atomic mass is 10.2. The summed E-state index contributed by atoms with van der Waals surface area (Å²) in [6.45, 7) is 0. The van der Waals surface area contributed by atoms with Crippen molar-refractivity contribution in [3.63, 3.8) is 0 Å². The van der Waals surface area contributed by atoms with Crippen LogP contribution in [0.2, 0.25) is 0 Å². The molecule has 0 saturated carbocycles. The Bertz CT molecular complexity index is 526. The van der Waals surface area contributed by atoms with E-state index in [2.05, 4.69) is 15.4 Å². The van der Waals surface area contributed by atoms with E-state index in [4.69, 9.17) is 4.84 Å². The molecule has 1 amide bonds. The smallest absolute Gasteiger partial charge is 0.317 e. The summed E-state index contributed by atoms with van der Waals surface area (Å²) in [5, 5.41) is 7.59. The lowest BCUT2D eigenvalue weighted by molar-refractivity contribution is -0.124. The number of H-pyrrole nitrogens is 1. The summed E-state index contributed by atoms with van der Waals surface area (Å²) in [4.78, 5) is 19.2. The van der Waals surface area contributed by atoms with Gasteiger partial charge in [-0.25, -0.2) is 0 Å². The Balaban J connectivity index is 2.08. The molecule has 1 aromatic heterocycles. The third-order valence-corrected chi connectivity index (χ3v) is 2.35. The van der Waals surface area contributed by atoms with Crippen LogP contribution in [-0.2, 0) is 9.63 Å². The average molecular weight is 201 g/mol. The number of hydrogen-bond acceptors (Lipinski definition) is 3. The molecule has 1 atom stereocenters. The van der Waals surface area contributed by atoms with Crippen LogP contribution in [0.5, 0.6) is 0 Å². The molecule has 0 spiro atoms. The van der Waals surface area contributed by atoms with E-state index in [1.807, 2.05) is 30.3 Å². The van der Waals surface area contributed by atoms with Crippen molar-refractivity contribution in [1.82, 2.24) is 4.98 Å². The van der Waals surface area contributed by atoms with E-state index in [0.717, 1.165) is 10.9 Å². The summed E-state index contributed by atoms with van der Waals surface area (Å²) in [5.41, 5.74) is 1.65. The first kappa shape index (κ1) is 8.16. The SMILES string of the molecule is O=C1N=NOC1c1cc2ccccc2[nH]1. The molecule has 1 aliphatic heterocycles. The Morgan fingerprint density at radius 3 is 2.93 bits per heavy atom. The predicted octanol–water partition coefficient (Wildman–Crippen LogP) is 2.13. The summed E-state index contributed by atoms with van der Waals surface area (Å²) in [7, 11) is 0. The minimum absolute atomic E-state index is 0.374. The molecular weight excluding hydrogens is 194 g/mol. The van der Waals surface area contributed by atoms with Gasteiger partial charge < -0.3 is 9.82 Å². The van der Waals surface area contributed by atoms with Crippen LogP contribution < -0.4 is 0 Å². The molecule has 3 rings (SSSR count). The van der Waals surface area contributed by atoms with Crippen LogP contribution in [-0.4, -0.2) is 10.9 Å². The number of carbonyl (C=O) groups excluding carboxylic acids is 1. The van der Waals surface area contributed by atoms with Gasteiger partial charge in [0, 0.05) is 10.8 Å². The van der Waals surface area contributed by atoms with Gasteiger partial charge in [-0.2, -0.15) is 0 Å². The maximum atomic E-state index is 11.2. The summed E-state index contributed by atoms with van der Waals surface area (Å²) in [5.74, 6) is -0.374. The molecule has 2 aromatic rings. The number of nitrogens with one attached hydrogen (secondary N) is 1. The van der Waals surface area contributed by atoms with Gasteiger partial charge in [0.05, 0.1) is 5.69 Å². The second-order valence-corrected chi connectivity index (χ2v) is 3.32. The third kappa shape index (κ3) is 1.20. The van der Waals surface area contributed by atoms with Gasteiger partial charge in [0.1, 0.15) is 0 Å². The molecular formula is C10H7N3O2. The van der Waals surface area contributed by atoms with Crippen LogP contribution in [0.1, 0.15) is 11.8 Å². The number of para-hydroxylation sites is 1. The monoisotopic (exact) mass is 201 g/mol. The summed E-state index contributed by atoms with van der Waals surface area (Å²) in [6.07, 6.45) is -0.711. The fraction of sp³-hybridized carbons (Fsp3) is 0.100. The van der Waals surface area contributed by atoms with E-state index in [9.17, 15) is 4.79 Å². The van der Waals surface area contributed by atoms with Crippen molar-refractivity contribution in [3.8, 4) is 0 Å². The van der Waals surface area contributed by atoms with Gasteiger partial charge in [-0.05, 0) is 17.5 Å². The normalized spacial score (nSPS) is 19.7. The number of nitrogens with zero attached hydrogens (tertiary/aromatic N) is 2. The topological polar surface area (TPSA) is 66.8 Å². The molecule has 5 heteroatoms. The number of fused-ring (bicyclic) bond motifs is 1. The minimum atomic E-state index is -0.711. The molecule has 15 heavy (non-hydrogen) atoms. The molecule has 0 saturated heterocycles. The maximum absolute atomic E-state index is 11.2. The van der Waals surface area contributed by atoms with E-state index in [0.29, 0.717) is 5.69 Å². The van der Waals surface area contributed by atoms with Crippen molar-refractivity contribution >= 4 is 16.8 Å². The average Bonchev–Trinajstić information content (AvgIpc) is 2.82.